The van der Waals surface area contributed by atoms with Gasteiger partial charge in [0.25, 0.3) is 0 Å². The van der Waals surface area contributed by atoms with Gasteiger partial charge < -0.3 is 5.32 Å². The molecule has 2 nitrogen and oxygen atoms in total. The van der Waals surface area contributed by atoms with Gasteiger partial charge in [0.05, 0.1) is 22.5 Å². The van der Waals surface area contributed by atoms with E-state index >= 15 is 0 Å². The van der Waals surface area contributed by atoms with Crippen molar-refractivity contribution in [1.29, 1.82) is 5.26 Å². The SMILES string of the molecule is N#CCc1ccc(NCc2cccc(Cl)c2Cl)cc1. The summed E-state index contributed by atoms with van der Waals surface area (Å²) in [6.45, 7) is 0.608. The van der Waals surface area contributed by atoms with Crippen LogP contribution >= 0.6 is 23.2 Å². The Morgan fingerprint density at radius 3 is 2.47 bits per heavy atom. The minimum absolute atomic E-state index is 0.431. The number of hydrogen-bond acceptors (Lipinski definition) is 2. The number of benzene rings is 2. The number of nitriles is 1. The molecule has 0 aliphatic heterocycles. The largest absolute Gasteiger partial charge is 0.381 e. The van der Waals surface area contributed by atoms with Crippen molar-refractivity contribution in [2.24, 2.45) is 0 Å². The standard InChI is InChI=1S/C15H12Cl2N2/c16-14-3-1-2-12(15(14)17)10-19-13-6-4-11(5-7-13)8-9-18/h1-7,19H,8,10H2. The molecule has 2 aromatic rings. The highest BCUT2D eigenvalue weighted by Gasteiger charge is 2.03. The average Bonchev–Trinajstić information content (AvgIpc) is 2.42. The van der Waals surface area contributed by atoms with Crippen LogP contribution in [-0.2, 0) is 13.0 Å². The van der Waals surface area contributed by atoms with Crippen LogP contribution < -0.4 is 5.32 Å². The van der Waals surface area contributed by atoms with Gasteiger partial charge in [-0.15, -0.1) is 0 Å². The Bertz CT molecular complexity index is 601. The fraction of sp³-hybridized carbons (Fsp3) is 0.133. The van der Waals surface area contributed by atoms with Crippen LogP contribution in [0.1, 0.15) is 11.1 Å². The summed E-state index contributed by atoms with van der Waals surface area (Å²) in [6, 6.07) is 15.5. The van der Waals surface area contributed by atoms with Gasteiger partial charge in [0.15, 0.2) is 0 Å². The van der Waals surface area contributed by atoms with Gasteiger partial charge in [0, 0.05) is 12.2 Å². The van der Waals surface area contributed by atoms with Crippen molar-refractivity contribution in [3.63, 3.8) is 0 Å². The monoisotopic (exact) mass is 290 g/mol. The first kappa shape index (κ1) is 13.7. The van der Waals surface area contributed by atoms with Crippen LogP contribution in [0, 0.1) is 11.3 Å². The number of rotatable bonds is 4. The fourth-order valence-electron chi connectivity index (χ4n) is 1.71. The van der Waals surface area contributed by atoms with Gasteiger partial charge in [-0.1, -0.05) is 47.5 Å². The molecule has 0 heterocycles. The van der Waals surface area contributed by atoms with E-state index < -0.39 is 0 Å². The fourth-order valence-corrected chi connectivity index (χ4v) is 2.10. The first-order chi connectivity index (χ1) is 9.20. The topological polar surface area (TPSA) is 35.8 Å². The number of halogens is 2. The second kappa shape index (κ2) is 6.47. The molecule has 0 fully saturated rings. The van der Waals surface area contributed by atoms with E-state index in [0.717, 1.165) is 16.8 Å². The Morgan fingerprint density at radius 1 is 1.05 bits per heavy atom. The molecule has 0 radical (unpaired) electrons. The third-order valence-corrected chi connectivity index (χ3v) is 3.61. The van der Waals surface area contributed by atoms with Gasteiger partial charge in [-0.3, -0.25) is 0 Å². The van der Waals surface area contributed by atoms with E-state index in [9.17, 15) is 0 Å². The summed E-state index contributed by atoms with van der Waals surface area (Å²) in [5.74, 6) is 0. The highest BCUT2D eigenvalue weighted by molar-refractivity contribution is 6.42. The van der Waals surface area contributed by atoms with Crippen LogP contribution in [-0.4, -0.2) is 0 Å². The van der Waals surface area contributed by atoms with E-state index in [-0.39, 0.29) is 0 Å². The van der Waals surface area contributed by atoms with Crippen molar-refractivity contribution >= 4 is 28.9 Å². The molecule has 0 bridgehead atoms. The summed E-state index contributed by atoms with van der Waals surface area (Å²) in [6.07, 6.45) is 0.431. The number of hydrogen-bond donors (Lipinski definition) is 1. The summed E-state index contributed by atoms with van der Waals surface area (Å²) in [5, 5.41) is 13.0. The van der Waals surface area contributed by atoms with E-state index in [0.29, 0.717) is 23.0 Å². The summed E-state index contributed by atoms with van der Waals surface area (Å²) in [7, 11) is 0. The third-order valence-electron chi connectivity index (χ3n) is 2.75. The summed E-state index contributed by atoms with van der Waals surface area (Å²) < 4.78 is 0. The van der Waals surface area contributed by atoms with E-state index in [4.69, 9.17) is 28.5 Å². The molecule has 2 aromatic carbocycles. The summed E-state index contributed by atoms with van der Waals surface area (Å²) >= 11 is 12.1. The summed E-state index contributed by atoms with van der Waals surface area (Å²) in [5.41, 5.74) is 2.95. The molecule has 0 saturated heterocycles. The third kappa shape index (κ3) is 3.64. The lowest BCUT2D eigenvalue weighted by molar-refractivity contribution is 1.15. The highest BCUT2D eigenvalue weighted by atomic mass is 35.5. The van der Waals surface area contributed by atoms with Crippen LogP contribution in [0.4, 0.5) is 5.69 Å². The Balaban J connectivity index is 2.02. The van der Waals surface area contributed by atoms with E-state index in [1.54, 1.807) is 6.07 Å². The average molecular weight is 291 g/mol. The molecule has 2 rings (SSSR count). The molecule has 0 aliphatic carbocycles. The molecule has 0 saturated carbocycles. The van der Waals surface area contributed by atoms with Crippen LogP contribution in [0.15, 0.2) is 42.5 Å². The van der Waals surface area contributed by atoms with Crippen molar-refractivity contribution < 1.29 is 0 Å². The quantitative estimate of drug-likeness (QED) is 0.888. The van der Waals surface area contributed by atoms with Crippen molar-refractivity contribution in [1.82, 2.24) is 0 Å². The lowest BCUT2D eigenvalue weighted by Crippen LogP contribution is -2.00. The van der Waals surface area contributed by atoms with Crippen LogP contribution in [0.25, 0.3) is 0 Å². The molecule has 96 valence electrons. The first-order valence-electron chi connectivity index (χ1n) is 5.83. The molecule has 0 unspecified atom stereocenters. The maximum atomic E-state index is 8.60. The zero-order chi connectivity index (χ0) is 13.7. The maximum absolute atomic E-state index is 8.60. The summed E-state index contributed by atoms with van der Waals surface area (Å²) in [4.78, 5) is 0. The number of nitrogens with zero attached hydrogens (tertiary/aromatic N) is 1. The molecule has 19 heavy (non-hydrogen) atoms. The highest BCUT2D eigenvalue weighted by Crippen LogP contribution is 2.26. The van der Waals surface area contributed by atoms with E-state index in [2.05, 4.69) is 11.4 Å². The second-order valence-corrected chi connectivity index (χ2v) is 4.88. The van der Waals surface area contributed by atoms with Crippen LogP contribution in [0.5, 0.6) is 0 Å². The van der Waals surface area contributed by atoms with Gasteiger partial charge in [-0.05, 0) is 29.3 Å². The predicted octanol–water partition coefficient (Wildman–Crippen LogP) is 4.67. The van der Waals surface area contributed by atoms with Gasteiger partial charge in [0.1, 0.15) is 0 Å². The van der Waals surface area contributed by atoms with Crippen molar-refractivity contribution in [3.05, 3.63) is 63.6 Å². The zero-order valence-electron chi connectivity index (χ0n) is 10.2. The minimum Gasteiger partial charge on any atom is -0.381 e. The van der Waals surface area contributed by atoms with Crippen molar-refractivity contribution in [3.8, 4) is 6.07 Å². The minimum atomic E-state index is 0.431. The Kier molecular flexibility index (Phi) is 4.68. The van der Waals surface area contributed by atoms with Crippen molar-refractivity contribution in [2.75, 3.05) is 5.32 Å². The molecule has 0 amide bonds. The van der Waals surface area contributed by atoms with Gasteiger partial charge >= 0.3 is 0 Å². The zero-order valence-corrected chi connectivity index (χ0v) is 11.7. The van der Waals surface area contributed by atoms with E-state index in [1.807, 2.05) is 36.4 Å². The Hall–Kier alpha value is -1.69. The van der Waals surface area contributed by atoms with Crippen molar-refractivity contribution in [2.45, 2.75) is 13.0 Å². The molecule has 1 N–H and O–H groups in total. The van der Waals surface area contributed by atoms with Gasteiger partial charge in [-0.25, -0.2) is 0 Å². The molecule has 4 heteroatoms. The van der Waals surface area contributed by atoms with Crippen LogP contribution in [0.3, 0.4) is 0 Å². The Labute approximate surface area is 122 Å². The molecule has 0 aromatic heterocycles. The maximum Gasteiger partial charge on any atom is 0.0669 e. The predicted molar refractivity (Wildman–Crippen MR) is 79.5 cm³/mol. The first-order valence-corrected chi connectivity index (χ1v) is 6.59. The smallest absolute Gasteiger partial charge is 0.0669 e. The molecule has 0 atom stereocenters. The van der Waals surface area contributed by atoms with Crippen LogP contribution in [0.2, 0.25) is 10.0 Å². The molecule has 0 spiro atoms. The Morgan fingerprint density at radius 2 is 1.79 bits per heavy atom. The lowest BCUT2D eigenvalue weighted by atomic mass is 10.1. The van der Waals surface area contributed by atoms with E-state index in [1.165, 1.54) is 0 Å². The second-order valence-electron chi connectivity index (χ2n) is 4.10. The van der Waals surface area contributed by atoms with Gasteiger partial charge in [-0.2, -0.15) is 5.26 Å². The number of anilines is 1. The lowest BCUT2D eigenvalue weighted by Gasteiger charge is -2.09. The molecule has 0 aliphatic rings. The normalized spacial score (nSPS) is 9.95. The van der Waals surface area contributed by atoms with Gasteiger partial charge in [0.2, 0.25) is 0 Å². The molecular formula is C15H12Cl2N2. The number of nitrogens with one attached hydrogen (secondary N) is 1. The molecular weight excluding hydrogens is 279 g/mol.